The van der Waals surface area contributed by atoms with E-state index in [1.807, 2.05) is 45.0 Å². The number of piperidine rings is 1. The molecular weight excluding hydrogens is 599 g/mol. The van der Waals surface area contributed by atoms with Gasteiger partial charge in [-0.2, -0.15) is 8.78 Å². The van der Waals surface area contributed by atoms with Crippen LogP contribution in [0.25, 0.3) is 10.1 Å². The van der Waals surface area contributed by atoms with E-state index in [0.717, 1.165) is 47.4 Å². The fourth-order valence-electron chi connectivity index (χ4n) is 5.68. The molecule has 9 nitrogen and oxygen atoms in total. The van der Waals surface area contributed by atoms with Gasteiger partial charge in [-0.05, 0) is 59.4 Å². The number of fused-ring (bicyclic) bond motifs is 2. The van der Waals surface area contributed by atoms with Gasteiger partial charge in [0.15, 0.2) is 0 Å². The zero-order valence-corrected chi connectivity index (χ0v) is 25.8. The lowest BCUT2D eigenvalue weighted by Gasteiger charge is -2.41. The molecule has 3 amide bonds. The number of alkyl halides is 2. The molecule has 230 valence electrons. The lowest BCUT2D eigenvalue weighted by Crippen LogP contribution is -2.60. The monoisotopic (exact) mass is 633 g/mol. The molecule has 2 unspecified atom stereocenters. The topological polar surface area (TPSA) is 127 Å². The maximum absolute atomic E-state index is 14.3. The molecule has 3 aromatic rings. The van der Waals surface area contributed by atoms with E-state index in [-0.39, 0.29) is 22.1 Å². The SMILES string of the molecule is CC(C)(C)C(NC(=O)c1cc2cc(C(F)(F)P(=O)(O)O)ccc2s1)C(=O)N1CCCCC1C(=O)N1Cc2ccccc2C1. The second kappa shape index (κ2) is 11.4. The third kappa shape index (κ3) is 6.11. The van der Waals surface area contributed by atoms with Crippen molar-refractivity contribution in [1.82, 2.24) is 15.1 Å². The highest BCUT2D eigenvalue weighted by Crippen LogP contribution is 2.59. The molecule has 0 spiro atoms. The summed E-state index contributed by atoms with van der Waals surface area (Å²) >= 11 is 1.01. The van der Waals surface area contributed by atoms with Crippen LogP contribution in [0, 0.1) is 5.41 Å². The Morgan fingerprint density at radius 3 is 2.28 bits per heavy atom. The van der Waals surface area contributed by atoms with Crippen molar-refractivity contribution in [1.29, 1.82) is 0 Å². The van der Waals surface area contributed by atoms with Gasteiger partial charge in [0.2, 0.25) is 11.8 Å². The number of amides is 3. The minimum atomic E-state index is -5.76. The van der Waals surface area contributed by atoms with Crippen molar-refractivity contribution < 1.29 is 37.5 Å². The summed E-state index contributed by atoms with van der Waals surface area (Å²) in [5.74, 6) is -1.07. The van der Waals surface area contributed by atoms with Crippen LogP contribution >= 0.6 is 18.9 Å². The van der Waals surface area contributed by atoms with Crippen LogP contribution in [0.2, 0.25) is 0 Å². The highest BCUT2D eigenvalue weighted by Gasteiger charge is 2.50. The predicted molar refractivity (Wildman–Crippen MR) is 159 cm³/mol. The van der Waals surface area contributed by atoms with E-state index in [1.165, 1.54) is 12.1 Å². The number of hydrogen-bond donors (Lipinski definition) is 3. The summed E-state index contributed by atoms with van der Waals surface area (Å²) in [5.41, 5.74) is -3.79. The number of carbonyl (C=O) groups is 3. The van der Waals surface area contributed by atoms with E-state index in [9.17, 15) is 27.7 Å². The molecule has 1 aromatic heterocycles. The summed E-state index contributed by atoms with van der Waals surface area (Å²) in [6.07, 6.45) is 2.07. The van der Waals surface area contributed by atoms with E-state index in [0.29, 0.717) is 30.8 Å². The van der Waals surface area contributed by atoms with Crippen LogP contribution in [0.1, 0.15) is 66.4 Å². The summed E-state index contributed by atoms with van der Waals surface area (Å²) in [6.45, 7) is 6.80. The van der Waals surface area contributed by atoms with Gasteiger partial charge in [-0.15, -0.1) is 11.3 Å². The molecule has 1 fully saturated rings. The maximum atomic E-state index is 14.3. The smallest absolute Gasteiger partial charge is 0.339 e. The largest absolute Gasteiger partial charge is 0.399 e. The van der Waals surface area contributed by atoms with Gasteiger partial charge in [0.25, 0.3) is 5.91 Å². The molecule has 1 saturated heterocycles. The molecule has 0 saturated carbocycles. The molecule has 3 heterocycles. The number of thiophene rings is 1. The molecule has 2 aromatic carbocycles. The third-order valence-electron chi connectivity index (χ3n) is 8.07. The Kier molecular flexibility index (Phi) is 8.28. The van der Waals surface area contributed by atoms with Crippen molar-refractivity contribution in [3.05, 3.63) is 70.1 Å². The van der Waals surface area contributed by atoms with Gasteiger partial charge in [-0.25, -0.2) is 0 Å². The van der Waals surface area contributed by atoms with Crippen molar-refractivity contribution in [3.8, 4) is 0 Å². The lowest BCUT2D eigenvalue weighted by molar-refractivity contribution is -0.150. The Hall–Kier alpha value is -3.18. The number of nitrogens with zero attached hydrogens (tertiary/aromatic N) is 2. The molecule has 43 heavy (non-hydrogen) atoms. The Balaban J connectivity index is 1.36. The number of hydrogen-bond acceptors (Lipinski definition) is 5. The van der Waals surface area contributed by atoms with Gasteiger partial charge in [-0.3, -0.25) is 18.9 Å². The van der Waals surface area contributed by atoms with E-state index in [2.05, 4.69) is 5.32 Å². The van der Waals surface area contributed by atoms with Gasteiger partial charge in [-0.1, -0.05) is 51.1 Å². The molecule has 2 atom stereocenters. The Morgan fingerprint density at radius 2 is 1.67 bits per heavy atom. The minimum absolute atomic E-state index is 0.115. The van der Waals surface area contributed by atoms with Crippen molar-refractivity contribution in [2.24, 2.45) is 5.41 Å². The van der Waals surface area contributed by atoms with Gasteiger partial charge in [0.1, 0.15) is 12.1 Å². The lowest BCUT2D eigenvalue weighted by atomic mass is 9.84. The van der Waals surface area contributed by atoms with Gasteiger partial charge in [0, 0.05) is 29.9 Å². The van der Waals surface area contributed by atoms with Crippen LogP contribution in [0.4, 0.5) is 8.78 Å². The van der Waals surface area contributed by atoms with Crippen LogP contribution < -0.4 is 5.32 Å². The van der Waals surface area contributed by atoms with Crippen molar-refractivity contribution in [2.45, 2.75) is 70.9 Å². The first-order valence-electron chi connectivity index (χ1n) is 14.0. The van der Waals surface area contributed by atoms with E-state index in [1.54, 1.807) is 9.80 Å². The van der Waals surface area contributed by atoms with Crippen LogP contribution in [0.5, 0.6) is 0 Å². The van der Waals surface area contributed by atoms with Crippen LogP contribution in [0.3, 0.4) is 0 Å². The van der Waals surface area contributed by atoms with Crippen LogP contribution in [-0.2, 0) is 32.9 Å². The summed E-state index contributed by atoms with van der Waals surface area (Å²) in [5, 5.41) is 3.04. The molecule has 0 radical (unpaired) electrons. The number of carbonyl (C=O) groups excluding carboxylic acids is 3. The van der Waals surface area contributed by atoms with Crippen LogP contribution in [0.15, 0.2) is 48.5 Å². The maximum Gasteiger partial charge on any atom is 0.399 e. The zero-order chi connectivity index (χ0) is 31.3. The molecule has 2 aliphatic rings. The van der Waals surface area contributed by atoms with E-state index < -0.39 is 42.2 Å². The number of rotatable bonds is 6. The summed E-state index contributed by atoms with van der Waals surface area (Å²) in [7, 11) is -5.76. The number of likely N-dealkylation sites (tertiary alicyclic amines) is 1. The number of nitrogens with one attached hydrogen (secondary N) is 1. The fraction of sp³-hybridized carbons (Fsp3) is 0.433. The molecule has 0 bridgehead atoms. The van der Waals surface area contributed by atoms with Crippen molar-refractivity contribution in [3.63, 3.8) is 0 Å². The van der Waals surface area contributed by atoms with Gasteiger partial charge >= 0.3 is 13.3 Å². The quantitative estimate of drug-likeness (QED) is 0.321. The molecule has 13 heteroatoms. The Morgan fingerprint density at radius 1 is 1.02 bits per heavy atom. The predicted octanol–water partition coefficient (Wildman–Crippen LogP) is 5.20. The second-order valence-corrected chi connectivity index (χ2v) is 15.0. The normalized spacial score (nSPS) is 18.4. The van der Waals surface area contributed by atoms with Gasteiger partial charge < -0.3 is 24.9 Å². The molecule has 3 N–H and O–H groups in total. The van der Waals surface area contributed by atoms with Gasteiger partial charge in [0.05, 0.1) is 4.88 Å². The first-order chi connectivity index (χ1) is 20.1. The van der Waals surface area contributed by atoms with Crippen molar-refractivity contribution in [2.75, 3.05) is 6.54 Å². The van der Waals surface area contributed by atoms with E-state index in [4.69, 9.17) is 9.79 Å². The first-order valence-corrected chi connectivity index (χ1v) is 16.5. The average molecular weight is 634 g/mol. The Bertz CT molecular complexity index is 1610. The molecule has 0 aliphatic carbocycles. The first kappa shape index (κ1) is 31.3. The molecule has 5 rings (SSSR count). The summed E-state index contributed by atoms with van der Waals surface area (Å²) in [4.78, 5) is 62.9. The Labute approximate surface area is 252 Å². The summed E-state index contributed by atoms with van der Waals surface area (Å²) in [6, 6.07) is 10.8. The van der Waals surface area contributed by atoms with E-state index >= 15 is 0 Å². The standard InChI is InChI=1S/C30H34F2N3O6PS/c1-29(2,3)25(33-26(36)24-15-20-14-21(11-12-23(20)43-24)30(31,32)42(39,40)41)28(38)35-13-7-6-10-22(35)27(37)34-16-18-8-4-5-9-19(18)17-34/h4-5,8-9,11-12,14-15,22,25H,6-7,10,13,16-17H2,1-3H3,(H,33,36)(H2,39,40,41). The number of benzene rings is 2. The second-order valence-electron chi connectivity index (χ2n) is 12.2. The molecule has 2 aliphatic heterocycles. The highest BCUT2D eigenvalue weighted by atomic mass is 32.1. The average Bonchev–Trinajstić information content (AvgIpc) is 3.58. The van der Waals surface area contributed by atoms with Crippen LogP contribution in [-0.4, -0.2) is 55.9 Å². The van der Waals surface area contributed by atoms with Crippen molar-refractivity contribution >= 4 is 46.7 Å². The summed E-state index contributed by atoms with van der Waals surface area (Å²) < 4.78 is 40.3. The fourth-order valence-corrected chi connectivity index (χ4v) is 7.10. The third-order valence-corrected chi connectivity index (χ3v) is 10.2. The highest BCUT2D eigenvalue weighted by molar-refractivity contribution is 7.52. The minimum Gasteiger partial charge on any atom is -0.339 e. The molecular formula is C30H34F2N3O6PS. The zero-order valence-electron chi connectivity index (χ0n) is 24.0. The number of halogens is 2.